The molecule has 0 aromatic heterocycles. The third-order valence-corrected chi connectivity index (χ3v) is 5.52. The second kappa shape index (κ2) is 8.61. The number of nitrogens with zero attached hydrogens (tertiary/aromatic N) is 1. The van der Waals surface area contributed by atoms with Crippen molar-refractivity contribution in [1.82, 2.24) is 5.32 Å². The fourth-order valence-electron chi connectivity index (χ4n) is 2.97. The van der Waals surface area contributed by atoms with E-state index in [-0.39, 0.29) is 17.9 Å². The molecular formula is C22H24N2O4S. The molecule has 1 aliphatic rings. The topological polar surface area (TPSA) is 67.9 Å². The second-order valence-corrected chi connectivity index (χ2v) is 7.98. The summed E-state index contributed by atoms with van der Waals surface area (Å²) in [6.45, 7) is 3.82. The van der Waals surface area contributed by atoms with Crippen molar-refractivity contribution in [2.24, 2.45) is 0 Å². The minimum absolute atomic E-state index is 0.0447. The number of carbonyl (C=O) groups is 2. The van der Waals surface area contributed by atoms with Crippen molar-refractivity contribution < 1.29 is 19.1 Å². The highest BCUT2D eigenvalue weighted by molar-refractivity contribution is 8.04. The van der Waals surface area contributed by atoms with Gasteiger partial charge in [-0.3, -0.25) is 9.59 Å². The number of anilines is 1. The summed E-state index contributed by atoms with van der Waals surface area (Å²) >= 11 is 1.39. The van der Waals surface area contributed by atoms with Gasteiger partial charge in [-0.25, -0.2) is 0 Å². The molecule has 1 N–H and O–H groups in total. The van der Waals surface area contributed by atoms with E-state index >= 15 is 0 Å². The van der Waals surface area contributed by atoms with Crippen molar-refractivity contribution in [1.29, 1.82) is 0 Å². The number of hydrogen-bond acceptors (Lipinski definition) is 5. The second-order valence-electron chi connectivity index (χ2n) is 6.90. The van der Waals surface area contributed by atoms with Crippen LogP contribution in [0.25, 0.3) is 6.08 Å². The zero-order chi connectivity index (χ0) is 21.1. The van der Waals surface area contributed by atoms with E-state index in [1.165, 1.54) is 11.8 Å². The van der Waals surface area contributed by atoms with Crippen LogP contribution in [0.5, 0.6) is 11.5 Å². The van der Waals surface area contributed by atoms with Crippen LogP contribution in [0.2, 0.25) is 0 Å². The van der Waals surface area contributed by atoms with E-state index in [1.807, 2.05) is 38.1 Å². The summed E-state index contributed by atoms with van der Waals surface area (Å²) < 4.78 is 10.6. The Hall–Kier alpha value is -2.93. The highest BCUT2D eigenvalue weighted by Gasteiger charge is 2.27. The van der Waals surface area contributed by atoms with Gasteiger partial charge in [0.25, 0.3) is 11.8 Å². The van der Waals surface area contributed by atoms with Crippen molar-refractivity contribution in [3.05, 3.63) is 52.4 Å². The normalized spacial score (nSPS) is 14.8. The predicted octanol–water partition coefficient (Wildman–Crippen LogP) is 3.95. The maximum absolute atomic E-state index is 12.9. The Morgan fingerprint density at radius 1 is 1.10 bits per heavy atom. The summed E-state index contributed by atoms with van der Waals surface area (Å²) in [5, 5.41) is 2.87. The molecule has 2 aromatic rings. The molecule has 0 fully saturated rings. The van der Waals surface area contributed by atoms with Crippen LogP contribution >= 0.6 is 11.8 Å². The van der Waals surface area contributed by atoms with Crippen molar-refractivity contribution in [2.75, 3.05) is 26.2 Å². The van der Waals surface area contributed by atoms with Crippen LogP contribution in [0.3, 0.4) is 0 Å². The van der Waals surface area contributed by atoms with Crippen LogP contribution in [0, 0.1) is 0 Å². The molecule has 0 spiro atoms. The maximum Gasteiger partial charge on any atom is 0.264 e. The number of likely N-dealkylation sites (N-methyl/N-ethyl adjacent to an activating group) is 1. The molecule has 0 unspecified atom stereocenters. The lowest BCUT2D eigenvalue weighted by Gasteiger charge is -2.27. The first-order valence-electron chi connectivity index (χ1n) is 9.18. The first kappa shape index (κ1) is 20.8. The Balaban J connectivity index is 1.92. The maximum atomic E-state index is 12.9. The molecule has 0 aliphatic carbocycles. The number of carbonyl (C=O) groups excluding carboxylic acids is 2. The highest BCUT2D eigenvalue weighted by Crippen LogP contribution is 2.42. The number of methoxy groups -OCH3 is 2. The molecule has 152 valence electrons. The van der Waals surface area contributed by atoms with Gasteiger partial charge >= 0.3 is 0 Å². The Morgan fingerprint density at radius 3 is 2.48 bits per heavy atom. The fourth-order valence-corrected chi connectivity index (χ4v) is 4.07. The summed E-state index contributed by atoms with van der Waals surface area (Å²) in [6.07, 6.45) is 1.83. The number of benzene rings is 2. The molecule has 1 aliphatic heterocycles. The molecule has 6 nitrogen and oxygen atoms in total. The predicted molar refractivity (Wildman–Crippen MR) is 116 cm³/mol. The van der Waals surface area contributed by atoms with E-state index in [0.29, 0.717) is 22.0 Å². The number of fused-ring (bicyclic) bond motifs is 1. The number of thioether (sulfide) groups is 1. The summed E-state index contributed by atoms with van der Waals surface area (Å²) in [7, 11) is 4.87. The quantitative estimate of drug-likeness (QED) is 0.753. The molecule has 29 heavy (non-hydrogen) atoms. The van der Waals surface area contributed by atoms with Gasteiger partial charge in [0.15, 0.2) is 11.5 Å². The molecular weight excluding hydrogens is 388 g/mol. The zero-order valence-corrected chi connectivity index (χ0v) is 17.9. The minimum atomic E-state index is -0.152. The lowest BCUT2D eigenvalue weighted by atomic mass is 10.1. The number of amides is 2. The van der Waals surface area contributed by atoms with Gasteiger partial charge in [0.2, 0.25) is 0 Å². The zero-order valence-electron chi connectivity index (χ0n) is 17.1. The average molecular weight is 413 g/mol. The van der Waals surface area contributed by atoms with E-state index < -0.39 is 0 Å². The lowest BCUT2D eigenvalue weighted by molar-refractivity contribution is -0.114. The van der Waals surface area contributed by atoms with Crippen LogP contribution < -0.4 is 19.7 Å². The Bertz CT molecular complexity index is 985. The molecule has 1 heterocycles. The van der Waals surface area contributed by atoms with Crippen molar-refractivity contribution in [2.45, 2.75) is 24.8 Å². The molecule has 0 radical (unpaired) electrons. The molecule has 0 bridgehead atoms. The van der Waals surface area contributed by atoms with E-state index in [9.17, 15) is 9.59 Å². The summed E-state index contributed by atoms with van der Waals surface area (Å²) in [5.41, 5.74) is 2.09. The fraction of sp³-hybridized carbons (Fsp3) is 0.273. The van der Waals surface area contributed by atoms with E-state index in [2.05, 4.69) is 5.32 Å². The number of hydrogen-bond donors (Lipinski definition) is 1. The van der Waals surface area contributed by atoms with Gasteiger partial charge in [-0.15, -0.1) is 0 Å². The molecule has 0 saturated heterocycles. The van der Waals surface area contributed by atoms with Gasteiger partial charge < -0.3 is 19.7 Å². The number of nitrogens with one attached hydrogen (secondary N) is 1. The SMILES string of the molecule is COc1ccc(/C=C2\Sc3ccc(C(=O)NC(C)C)cc3N(C)C2=O)cc1OC. The molecule has 7 heteroatoms. The third kappa shape index (κ3) is 4.40. The van der Waals surface area contributed by atoms with Gasteiger partial charge in [0, 0.05) is 23.5 Å². The van der Waals surface area contributed by atoms with Gasteiger partial charge in [0.1, 0.15) is 0 Å². The van der Waals surface area contributed by atoms with Crippen molar-refractivity contribution in [3.63, 3.8) is 0 Å². The van der Waals surface area contributed by atoms with Crippen molar-refractivity contribution in [3.8, 4) is 11.5 Å². The lowest BCUT2D eigenvalue weighted by Crippen LogP contribution is -2.32. The van der Waals surface area contributed by atoms with Gasteiger partial charge in [0.05, 0.1) is 24.8 Å². The third-order valence-electron chi connectivity index (χ3n) is 4.44. The van der Waals surface area contributed by atoms with Gasteiger partial charge in [-0.05, 0) is 55.8 Å². The smallest absolute Gasteiger partial charge is 0.264 e. The summed E-state index contributed by atoms with van der Waals surface area (Å²) in [5.74, 6) is 0.954. The van der Waals surface area contributed by atoms with E-state index in [0.717, 1.165) is 16.1 Å². The Kier molecular flexibility index (Phi) is 6.17. The molecule has 0 saturated carbocycles. The standard InChI is InChI=1S/C22H24N2O4S/c1-13(2)23-21(25)15-7-9-19-16(12-15)24(3)22(26)20(29-19)11-14-6-8-17(27-4)18(10-14)28-5/h6-13H,1-5H3,(H,23,25)/b20-11-. The largest absolute Gasteiger partial charge is 0.493 e. The highest BCUT2D eigenvalue weighted by atomic mass is 32.2. The molecule has 2 aromatic carbocycles. The molecule has 2 amide bonds. The van der Waals surface area contributed by atoms with Crippen LogP contribution in [-0.2, 0) is 4.79 Å². The van der Waals surface area contributed by atoms with E-state index in [1.54, 1.807) is 44.4 Å². The average Bonchev–Trinajstić information content (AvgIpc) is 2.71. The monoisotopic (exact) mass is 412 g/mol. The van der Waals surface area contributed by atoms with Gasteiger partial charge in [-0.2, -0.15) is 0 Å². The van der Waals surface area contributed by atoms with E-state index in [4.69, 9.17) is 9.47 Å². The number of rotatable bonds is 5. The number of ether oxygens (including phenoxy) is 2. The Morgan fingerprint density at radius 2 is 1.83 bits per heavy atom. The van der Waals surface area contributed by atoms with Crippen LogP contribution in [0.15, 0.2) is 46.2 Å². The molecule has 3 rings (SSSR count). The van der Waals surface area contributed by atoms with Crippen molar-refractivity contribution >= 4 is 35.3 Å². The minimum Gasteiger partial charge on any atom is -0.493 e. The molecule has 0 atom stereocenters. The van der Waals surface area contributed by atoms with Crippen LogP contribution in [0.4, 0.5) is 5.69 Å². The first-order valence-corrected chi connectivity index (χ1v) is 10.00. The van der Waals surface area contributed by atoms with Gasteiger partial charge in [-0.1, -0.05) is 17.8 Å². The first-order chi connectivity index (χ1) is 13.8. The van der Waals surface area contributed by atoms with Crippen LogP contribution in [0.1, 0.15) is 29.8 Å². The summed E-state index contributed by atoms with van der Waals surface area (Å²) in [6, 6.07) is 11.0. The van der Waals surface area contributed by atoms with Crippen LogP contribution in [-0.4, -0.2) is 39.1 Å². The Labute approximate surface area is 174 Å². The summed E-state index contributed by atoms with van der Waals surface area (Å²) in [4.78, 5) is 28.3.